The van der Waals surface area contributed by atoms with Gasteiger partial charge in [-0.1, -0.05) is 6.92 Å². The van der Waals surface area contributed by atoms with E-state index in [1.165, 1.54) is 14.0 Å². The van der Waals surface area contributed by atoms with E-state index >= 15 is 0 Å². The van der Waals surface area contributed by atoms with Crippen LogP contribution in [0.1, 0.15) is 27.2 Å². The summed E-state index contributed by atoms with van der Waals surface area (Å²) in [5, 5.41) is 8.36. The Kier molecular flexibility index (Phi) is 10.2. The number of hydrogen-bond acceptors (Lipinski definition) is 3. The first kappa shape index (κ1) is 12.1. The topological polar surface area (TPSA) is 46.5 Å². The normalized spacial score (nSPS) is 10.9. The van der Waals surface area contributed by atoms with Crippen LogP contribution in [0.4, 0.5) is 0 Å². The van der Waals surface area contributed by atoms with Crippen LogP contribution in [0.25, 0.3) is 0 Å². The number of methoxy groups -OCH3 is 1. The highest BCUT2D eigenvalue weighted by Crippen LogP contribution is 1.81. The van der Waals surface area contributed by atoms with Gasteiger partial charge in [0.25, 0.3) is 0 Å². The molecular weight excluding hydrogens is 132 g/mol. The standard InChI is InChI=1S/C4H10O.C3H6O2/c1-3-4(2)5;1-3(4)5-2/h4-5H,3H2,1-2H3;1-2H3. The average Bonchev–Trinajstić information content (AvgIpc) is 1.89. The molecule has 0 aliphatic rings. The van der Waals surface area contributed by atoms with Crippen LogP contribution in [0, 0.1) is 0 Å². The van der Waals surface area contributed by atoms with E-state index in [0.29, 0.717) is 0 Å². The van der Waals surface area contributed by atoms with Crippen LogP contribution in [-0.2, 0) is 9.53 Å². The Morgan fingerprint density at radius 1 is 1.70 bits per heavy atom. The van der Waals surface area contributed by atoms with Gasteiger partial charge < -0.3 is 9.84 Å². The SMILES string of the molecule is CCC(C)O.COC(C)=O. The largest absolute Gasteiger partial charge is 0.469 e. The predicted octanol–water partition coefficient (Wildman–Crippen LogP) is 0.956. The summed E-state index contributed by atoms with van der Waals surface area (Å²) in [6, 6.07) is 0. The van der Waals surface area contributed by atoms with Crippen molar-refractivity contribution < 1.29 is 14.6 Å². The van der Waals surface area contributed by atoms with Crippen LogP contribution >= 0.6 is 0 Å². The van der Waals surface area contributed by atoms with Crippen molar-refractivity contribution in [1.82, 2.24) is 0 Å². The van der Waals surface area contributed by atoms with E-state index in [4.69, 9.17) is 5.11 Å². The van der Waals surface area contributed by atoms with Gasteiger partial charge in [0.05, 0.1) is 13.2 Å². The van der Waals surface area contributed by atoms with E-state index in [9.17, 15) is 4.79 Å². The van der Waals surface area contributed by atoms with Gasteiger partial charge in [0.1, 0.15) is 0 Å². The highest BCUT2D eigenvalue weighted by molar-refractivity contribution is 5.65. The number of carbonyl (C=O) groups excluding carboxylic acids is 1. The number of ether oxygens (including phenoxy) is 1. The molecule has 0 aliphatic carbocycles. The Bertz CT molecular complexity index is 78.9. The van der Waals surface area contributed by atoms with E-state index in [1.54, 1.807) is 6.92 Å². The molecule has 0 aromatic carbocycles. The van der Waals surface area contributed by atoms with Gasteiger partial charge in [-0.05, 0) is 13.3 Å². The fourth-order valence-corrected chi connectivity index (χ4v) is 0. The van der Waals surface area contributed by atoms with Crippen molar-refractivity contribution in [2.75, 3.05) is 7.11 Å². The van der Waals surface area contributed by atoms with Crippen LogP contribution in [0.2, 0.25) is 0 Å². The molecular formula is C7H16O3. The van der Waals surface area contributed by atoms with Crippen LogP contribution in [-0.4, -0.2) is 24.3 Å². The molecule has 0 amide bonds. The summed E-state index contributed by atoms with van der Waals surface area (Å²) in [4.78, 5) is 9.59. The number of hydrogen-bond donors (Lipinski definition) is 1. The van der Waals surface area contributed by atoms with E-state index in [0.717, 1.165) is 6.42 Å². The lowest BCUT2D eigenvalue weighted by atomic mass is 10.3. The van der Waals surface area contributed by atoms with Gasteiger partial charge in [0.15, 0.2) is 0 Å². The van der Waals surface area contributed by atoms with Crippen molar-refractivity contribution in [3.63, 3.8) is 0 Å². The maximum absolute atomic E-state index is 9.59. The van der Waals surface area contributed by atoms with Crippen LogP contribution in [0.5, 0.6) is 0 Å². The smallest absolute Gasteiger partial charge is 0.302 e. The second kappa shape index (κ2) is 8.43. The molecule has 0 saturated heterocycles. The molecule has 10 heavy (non-hydrogen) atoms. The summed E-state index contributed by atoms with van der Waals surface area (Å²) in [6.07, 6.45) is 0.745. The van der Waals surface area contributed by atoms with Crippen molar-refractivity contribution in [1.29, 1.82) is 0 Å². The molecule has 1 unspecified atom stereocenters. The minimum atomic E-state index is -0.245. The minimum absolute atomic E-state index is 0.116. The van der Waals surface area contributed by atoms with Crippen LogP contribution < -0.4 is 0 Å². The van der Waals surface area contributed by atoms with Crippen molar-refractivity contribution >= 4 is 5.97 Å². The van der Waals surface area contributed by atoms with Crippen molar-refractivity contribution in [2.24, 2.45) is 0 Å². The number of rotatable bonds is 1. The lowest BCUT2D eigenvalue weighted by Crippen LogP contribution is -1.93. The van der Waals surface area contributed by atoms with Crippen molar-refractivity contribution in [3.05, 3.63) is 0 Å². The summed E-state index contributed by atoms with van der Waals surface area (Å²) >= 11 is 0. The number of esters is 1. The summed E-state index contributed by atoms with van der Waals surface area (Å²) in [5.41, 5.74) is 0. The first-order valence-corrected chi connectivity index (χ1v) is 3.27. The van der Waals surface area contributed by atoms with Gasteiger partial charge in [0.2, 0.25) is 0 Å². The average molecular weight is 148 g/mol. The monoisotopic (exact) mass is 148 g/mol. The zero-order valence-electron chi connectivity index (χ0n) is 7.05. The molecule has 0 spiro atoms. The molecule has 0 aromatic heterocycles. The lowest BCUT2D eigenvalue weighted by Gasteiger charge is -1.90. The molecule has 3 heteroatoms. The lowest BCUT2D eigenvalue weighted by molar-refractivity contribution is -0.137. The summed E-state index contributed by atoms with van der Waals surface area (Å²) < 4.78 is 4.11. The Hall–Kier alpha value is -0.570. The maximum Gasteiger partial charge on any atom is 0.302 e. The summed E-state index contributed by atoms with van der Waals surface area (Å²) in [6.45, 7) is 5.09. The molecule has 0 heterocycles. The summed E-state index contributed by atoms with van der Waals surface area (Å²) in [7, 11) is 1.35. The van der Waals surface area contributed by atoms with Crippen molar-refractivity contribution in [3.8, 4) is 0 Å². The molecule has 0 bridgehead atoms. The number of carbonyl (C=O) groups is 1. The molecule has 0 fully saturated rings. The molecule has 0 aromatic rings. The van der Waals surface area contributed by atoms with E-state index in [2.05, 4.69) is 4.74 Å². The van der Waals surface area contributed by atoms with Gasteiger partial charge in [-0.25, -0.2) is 0 Å². The minimum Gasteiger partial charge on any atom is -0.469 e. The molecule has 3 nitrogen and oxygen atoms in total. The van der Waals surface area contributed by atoms with E-state index in [-0.39, 0.29) is 12.1 Å². The van der Waals surface area contributed by atoms with E-state index in [1.807, 2.05) is 6.92 Å². The van der Waals surface area contributed by atoms with Crippen LogP contribution in [0.15, 0.2) is 0 Å². The highest BCUT2D eigenvalue weighted by atomic mass is 16.5. The molecule has 0 saturated carbocycles. The van der Waals surface area contributed by atoms with Gasteiger partial charge in [-0.15, -0.1) is 0 Å². The molecule has 0 rings (SSSR count). The zero-order chi connectivity index (χ0) is 8.57. The van der Waals surface area contributed by atoms with Crippen LogP contribution in [0.3, 0.4) is 0 Å². The second-order valence-electron chi connectivity index (χ2n) is 1.95. The molecule has 1 N–H and O–H groups in total. The fraction of sp³-hybridized carbons (Fsp3) is 0.857. The Labute approximate surface area is 62.0 Å². The zero-order valence-corrected chi connectivity index (χ0v) is 7.05. The first-order chi connectivity index (χ1) is 4.54. The Morgan fingerprint density at radius 3 is 1.90 bits per heavy atom. The van der Waals surface area contributed by atoms with Crippen molar-refractivity contribution in [2.45, 2.75) is 33.3 Å². The third kappa shape index (κ3) is 26.1. The second-order valence-corrected chi connectivity index (χ2v) is 1.95. The number of aliphatic hydroxyl groups excluding tert-OH is 1. The van der Waals surface area contributed by atoms with Gasteiger partial charge in [-0.2, -0.15) is 0 Å². The van der Waals surface area contributed by atoms with Gasteiger partial charge >= 0.3 is 5.97 Å². The Balaban J connectivity index is 0. The third-order valence-electron chi connectivity index (χ3n) is 0.878. The molecule has 0 radical (unpaired) electrons. The third-order valence-corrected chi connectivity index (χ3v) is 0.878. The summed E-state index contributed by atoms with van der Waals surface area (Å²) in [5.74, 6) is -0.245. The fourth-order valence-electron chi connectivity index (χ4n) is 0. The Morgan fingerprint density at radius 2 is 1.90 bits per heavy atom. The van der Waals surface area contributed by atoms with Gasteiger partial charge in [0, 0.05) is 6.92 Å². The molecule has 1 atom stereocenters. The number of aliphatic hydroxyl groups is 1. The highest BCUT2D eigenvalue weighted by Gasteiger charge is 1.81. The quantitative estimate of drug-likeness (QED) is 0.563. The van der Waals surface area contributed by atoms with Gasteiger partial charge in [-0.3, -0.25) is 4.79 Å². The molecule has 62 valence electrons. The van der Waals surface area contributed by atoms with E-state index < -0.39 is 0 Å². The molecule has 0 aliphatic heterocycles. The first-order valence-electron chi connectivity index (χ1n) is 3.27. The maximum atomic E-state index is 9.59. The predicted molar refractivity (Wildman–Crippen MR) is 39.7 cm³/mol.